The van der Waals surface area contributed by atoms with Gasteiger partial charge in [-0.3, -0.25) is 4.79 Å². The fourth-order valence-corrected chi connectivity index (χ4v) is 2.48. The van der Waals surface area contributed by atoms with Crippen LogP contribution < -0.4 is 5.32 Å². The van der Waals surface area contributed by atoms with Gasteiger partial charge < -0.3 is 9.73 Å². The van der Waals surface area contributed by atoms with E-state index in [9.17, 15) is 18.0 Å². The van der Waals surface area contributed by atoms with E-state index in [0.29, 0.717) is 10.7 Å². The number of para-hydroxylation sites is 1. The summed E-state index contributed by atoms with van der Waals surface area (Å²) in [5, 5.41) is 2.89. The van der Waals surface area contributed by atoms with E-state index >= 15 is 0 Å². The highest BCUT2D eigenvalue weighted by Crippen LogP contribution is 2.37. The molecule has 1 amide bonds. The summed E-state index contributed by atoms with van der Waals surface area (Å²) in [4.78, 5) is 12.2. The minimum absolute atomic E-state index is 0.0442. The normalized spacial score (nSPS) is 11.4. The molecule has 0 unspecified atom stereocenters. The Morgan fingerprint density at radius 1 is 0.960 bits per heavy atom. The molecule has 1 N–H and O–H groups in total. The van der Waals surface area contributed by atoms with Crippen molar-refractivity contribution in [1.29, 1.82) is 0 Å². The van der Waals surface area contributed by atoms with Crippen LogP contribution in [-0.2, 0) is 6.18 Å². The lowest BCUT2D eigenvalue weighted by Crippen LogP contribution is -2.11. The van der Waals surface area contributed by atoms with Gasteiger partial charge in [-0.1, -0.05) is 41.9 Å². The van der Waals surface area contributed by atoms with Crippen LogP contribution in [0.3, 0.4) is 0 Å². The molecule has 0 spiro atoms. The van der Waals surface area contributed by atoms with Gasteiger partial charge in [-0.05, 0) is 30.3 Å². The third kappa shape index (κ3) is 3.69. The highest BCUT2D eigenvalue weighted by molar-refractivity contribution is 6.33. The number of rotatable bonds is 3. The summed E-state index contributed by atoms with van der Waals surface area (Å²) >= 11 is 5.96. The van der Waals surface area contributed by atoms with Crippen LogP contribution >= 0.6 is 11.6 Å². The van der Waals surface area contributed by atoms with E-state index in [4.69, 9.17) is 16.0 Å². The molecule has 0 saturated carbocycles. The summed E-state index contributed by atoms with van der Waals surface area (Å²) in [5.41, 5.74) is -0.586. The van der Waals surface area contributed by atoms with Crippen LogP contribution in [0.25, 0.3) is 11.3 Å². The Morgan fingerprint density at radius 2 is 1.64 bits per heavy atom. The van der Waals surface area contributed by atoms with Gasteiger partial charge in [0.2, 0.25) is 0 Å². The quantitative estimate of drug-likeness (QED) is 0.630. The number of halogens is 4. The number of amides is 1. The fraction of sp³-hybridized carbons (Fsp3) is 0.0556. The molecule has 1 heterocycles. The van der Waals surface area contributed by atoms with E-state index < -0.39 is 17.6 Å². The van der Waals surface area contributed by atoms with Gasteiger partial charge in [0.05, 0.1) is 16.3 Å². The van der Waals surface area contributed by atoms with Crippen molar-refractivity contribution in [3.05, 3.63) is 77.0 Å². The van der Waals surface area contributed by atoms with Gasteiger partial charge in [0, 0.05) is 5.56 Å². The minimum atomic E-state index is -4.52. The average molecular weight is 366 g/mol. The second-order valence-corrected chi connectivity index (χ2v) is 5.55. The molecule has 0 atom stereocenters. The number of anilines is 1. The molecule has 25 heavy (non-hydrogen) atoms. The van der Waals surface area contributed by atoms with E-state index in [0.717, 1.165) is 6.07 Å². The topological polar surface area (TPSA) is 42.2 Å². The lowest BCUT2D eigenvalue weighted by Gasteiger charge is -2.10. The van der Waals surface area contributed by atoms with Gasteiger partial charge in [-0.15, -0.1) is 0 Å². The average Bonchev–Trinajstić information content (AvgIpc) is 3.06. The Labute approximate surface area is 146 Å². The smallest absolute Gasteiger partial charge is 0.417 e. The summed E-state index contributed by atoms with van der Waals surface area (Å²) in [7, 11) is 0. The zero-order chi connectivity index (χ0) is 18.0. The third-order valence-electron chi connectivity index (χ3n) is 3.45. The summed E-state index contributed by atoms with van der Waals surface area (Å²) < 4.78 is 44.6. The van der Waals surface area contributed by atoms with Crippen LogP contribution in [0.5, 0.6) is 0 Å². The van der Waals surface area contributed by atoms with E-state index in [2.05, 4.69) is 5.32 Å². The monoisotopic (exact) mass is 365 g/mol. The second-order valence-electron chi connectivity index (χ2n) is 5.14. The van der Waals surface area contributed by atoms with E-state index in [1.165, 1.54) is 30.3 Å². The van der Waals surface area contributed by atoms with Gasteiger partial charge in [-0.25, -0.2) is 0 Å². The largest absolute Gasteiger partial charge is 0.451 e. The molecule has 0 bridgehead atoms. The molecule has 3 rings (SSSR count). The van der Waals surface area contributed by atoms with Crippen LogP contribution in [-0.4, -0.2) is 5.91 Å². The van der Waals surface area contributed by atoms with E-state index in [1.807, 2.05) is 0 Å². The van der Waals surface area contributed by atoms with Gasteiger partial charge in [-0.2, -0.15) is 13.2 Å². The van der Waals surface area contributed by atoms with Gasteiger partial charge in [0.1, 0.15) is 5.76 Å². The molecule has 0 aliphatic rings. The molecule has 0 saturated heterocycles. The standard InChI is InChI=1S/C18H11ClF3NO2/c19-13-7-3-4-8-14(13)23-17(24)16-10-9-15(25-16)11-5-1-2-6-12(11)18(20,21)22/h1-10H,(H,23,24). The molecule has 2 aromatic carbocycles. The summed E-state index contributed by atoms with van der Waals surface area (Å²) in [5.74, 6) is -0.770. The summed E-state index contributed by atoms with van der Waals surface area (Å²) in [6, 6.07) is 14.2. The molecule has 0 aliphatic heterocycles. The van der Waals surface area contributed by atoms with Crippen molar-refractivity contribution in [3.8, 4) is 11.3 Å². The first-order valence-corrected chi connectivity index (χ1v) is 7.56. The zero-order valence-corrected chi connectivity index (χ0v) is 13.4. The third-order valence-corrected chi connectivity index (χ3v) is 3.78. The molecule has 3 nitrogen and oxygen atoms in total. The van der Waals surface area contributed by atoms with Gasteiger partial charge in [0.25, 0.3) is 5.91 Å². The number of hydrogen-bond acceptors (Lipinski definition) is 2. The highest BCUT2D eigenvalue weighted by Gasteiger charge is 2.34. The maximum Gasteiger partial charge on any atom is 0.417 e. The number of alkyl halides is 3. The molecule has 128 valence electrons. The van der Waals surface area contributed by atoms with Gasteiger partial charge >= 0.3 is 6.18 Å². The Hall–Kier alpha value is -2.73. The molecule has 3 aromatic rings. The number of furan rings is 1. The maximum absolute atomic E-state index is 13.1. The van der Waals surface area contributed by atoms with Crippen LogP contribution in [0.4, 0.5) is 18.9 Å². The molecule has 1 aromatic heterocycles. The van der Waals surface area contributed by atoms with Crippen molar-refractivity contribution in [2.45, 2.75) is 6.18 Å². The lowest BCUT2D eigenvalue weighted by molar-refractivity contribution is -0.137. The lowest BCUT2D eigenvalue weighted by atomic mass is 10.1. The van der Waals surface area contributed by atoms with Crippen molar-refractivity contribution in [2.24, 2.45) is 0 Å². The number of nitrogens with one attached hydrogen (secondary N) is 1. The Morgan fingerprint density at radius 3 is 2.36 bits per heavy atom. The summed E-state index contributed by atoms with van der Waals surface area (Å²) in [6.07, 6.45) is -4.52. The van der Waals surface area contributed by atoms with Crippen molar-refractivity contribution in [2.75, 3.05) is 5.32 Å². The SMILES string of the molecule is O=C(Nc1ccccc1Cl)c1ccc(-c2ccccc2C(F)(F)F)o1. The van der Waals surface area contributed by atoms with E-state index in [1.54, 1.807) is 24.3 Å². The van der Waals surface area contributed by atoms with Crippen molar-refractivity contribution in [1.82, 2.24) is 0 Å². The predicted octanol–water partition coefficient (Wildman–Crippen LogP) is 5.87. The van der Waals surface area contributed by atoms with Crippen molar-refractivity contribution < 1.29 is 22.4 Å². The fourth-order valence-electron chi connectivity index (χ4n) is 2.30. The molecule has 0 radical (unpaired) electrons. The maximum atomic E-state index is 13.1. The van der Waals surface area contributed by atoms with E-state index in [-0.39, 0.29) is 17.1 Å². The number of carbonyl (C=O) groups is 1. The Balaban J connectivity index is 1.89. The first-order valence-electron chi connectivity index (χ1n) is 7.18. The predicted molar refractivity (Wildman–Crippen MR) is 88.6 cm³/mol. The Kier molecular flexibility index (Phi) is 4.55. The molecule has 0 fully saturated rings. The highest BCUT2D eigenvalue weighted by atomic mass is 35.5. The van der Waals surface area contributed by atoms with Crippen molar-refractivity contribution >= 4 is 23.2 Å². The van der Waals surface area contributed by atoms with Crippen molar-refractivity contribution in [3.63, 3.8) is 0 Å². The van der Waals surface area contributed by atoms with Crippen LogP contribution in [0, 0.1) is 0 Å². The second kappa shape index (κ2) is 6.64. The zero-order valence-electron chi connectivity index (χ0n) is 12.6. The molecule has 0 aliphatic carbocycles. The minimum Gasteiger partial charge on any atom is -0.451 e. The molecular weight excluding hydrogens is 355 g/mol. The first-order chi connectivity index (χ1) is 11.9. The van der Waals surface area contributed by atoms with Crippen LogP contribution in [0.2, 0.25) is 5.02 Å². The van der Waals surface area contributed by atoms with Crippen LogP contribution in [0.15, 0.2) is 65.1 Å². The Bertz CT molecular complexity index is 918. The number of hydrogen-bond donors (Lipinski definition) is 1. The number of carbonyl (C=O) groups excluding carboxylic acids is 1. The molecule has 7 heteroatoms. The van der Waals surface area contributed by atoms with Crippen LogP contribution in [0.1, 0.15) is 16.1 Å². The summed E-state index contributed by atoms with van der Waals surface area (Å²) in [6.45, 7) is 0. The number of benzene rings is 2. The first kappa shape index (κ1) is 17.1. The van der Waals surface area contributed by atoms with Gasteiger partial charge in [0.15, 0.2) is 5.76 Å². The molecular formula is C18H11ClF3NO2.